The molecule has 1 aromatic rings. The quantitative estimate of drug-likeness (QED) is 0.770. The summed E-state index contributed by atoms with van der Waals surface area (Å²) < 4.78 is 1.12. The molecule has 118 valence electrons. The summed E-state index contributed by atoms with van der Waals surface area (Å²) in [7, 11) is 0. The second-order valence-electron chi connectivity index (χ2n) is 5.25. The van der Waals surface area contributed by atoms with E-state index in [9.17, 15) is 4.79 Å². The van der Waals surface area contributed by atoms with Crippen molar-refractivity contribution < 1.29 is 4.79 Å². The van der Waals surface area contributed by atoms with Crippen LogP contribution in [0.15, 0.2) is 21.5 Å². The highest BCUT2D eigenvalue weighted by atomic mass is 79.9. The highest BCUT2D eigenvalue weighted by Crippen LogP contribution is 2.28. The van der Waals surface area contributed by atoms with Crippen LogP contribution in [-0.4, -0.2) is 30.8 Å². The Kier molecular flexibility index (Phi) is 8.09. The maximum Gasteiger partial charge on any atom is 0.230 e. The van der Waals surface area contributed by atoms with Crippen molar-refractivity contribution in [2.45, 2.75) is 37.6 Å². The lowest BCUT2D eigenvalue weighted by Crippen LogP contribution is -2.43. The highest BCUT2D eigenvalue weighted by molar-refractivity contribution is 9.10. The number of halogens is 2. The van der Waals surface area contributed by atoms with Gasteiger partial charge in [-0.25, -0.2) is 0 Å². The van der Waals surface area contributed by atoms with Crippen LogP contribution in [0.4, 0.5) is 0 Å². The first kappa shape index (κ1) is 18.8. The lowest BCUT2D eigenvalue weighted by molar-refractivity contribution is -0.119. The first-order valence-electron chi connectivity index (χ1n) is 6.96. The molecule has 1 heterocycles. The van der Waals surface area contributed by atoms with Gasteiger partial charge in [-0.3, -0.25) is 4.79 Å². The fourth-order valence-electron chi connectivity index (χ4n) is 2.29. The van der Waals surface area contributed by atoms with Gasteiger partial charge < -0.3 is 10.6 Å². The van der Waals surface area contributed by atoms with Crippen molar-refractivity contribution in [3.05, 3.63) is 27.7 Å². The third kappa shape index (κ3) is 5.81. The van der Waals surface area contributed by atoms with E-state index in [-0.39, 0.29) is 18.3 Å². The lowest BCUT2D eigenvalue weighted by Gasteiger charge is -2.23. The topological polar surface area (TPSA) is 41.1 Å². The van der Waals surface area contributed by atoms with E-state index in [1.54, 1.807) is 11.8 Å². The van der Waals surface area contributed by atoms with Gasteiger partial charge in [-0.1, -0.05) is 15.9 Å². The first-order chi connectivity index (χ1) is 9.56. The van der Waals surface area contributed by atoms with Crippen molar-refractivity contribution in [1.82, 2.24) is 10.6 Å². The minimum Gasteiger partial charge on any atom is -0.353 e. The summed E-state index contributed by atoms with van der Waals surface area (Å²) in [4.78, 5) is 13.2. The van der Waals surface area contributed by atoms with Crippen molar-refractivity contribution in [3.63, 3.8) is 0 Å². The molecule has 0 spiro atoms. The molecule has 0 bridgehead atoms. The molecule has 1 fully saturated rings. The normalized spacial score (nSPS) is 15.4. The van der Waals surface area contributed by atoms with Gasteiger partial charge in [0, 0.05) is 15.4 Å². The molecule has 3 nitrogen and oxygen atoms in total. The molecule has 21 heavy (non-hydrogen) atoms. The van der Waals surface area contributed by atoms with E-state index in [2.05, 4.69) is 52.5 Å². The van der Waals surface area contributed by atoms with Crippen LogP contribution < -0.4 is 10.6 Å². The number of aryl methyl sites for hydroxylation is 2. The van der Waals surface area contributed by atoms with Gasteiger partial charge in [0.1, 0.15) is 0 Å². The number of hydrogen-bond donors (Lipinski definition) is 2. The van der Waals surface area contributed by atoms with E-state index in [0.717, 1.165) is 30.4 Å². The molecule has 0 unspecified atom stereocenters. The molecule has 0 aliphatic carbocycles. The van der Waals surface area contributed by atoms with Gasteiger partial charge in [-0.05, 0) is 63.0 Å². The van der Waals surface area contributed by atoms with Crippen molar-refractivity contribution in [2.75, 3.05) is 18.8 Å². The fraction of sp³-hybridized carbons (Fsp3) is 0.533. The molecule has 0 radical (unpaired) electrons. The molecule has 1 saturated heterocycles. The highest BCUT2D eigenvalue weighted by Gasteiger charge is 2.15. The first-order valence-corrected chi connectivity index (χ1v) is 8.74. The van der Waals surface area contributed by atoms with E-state index in [4.69, 9.17) is 0 Å². The number of piperidine rings is 1. The van der Waals surface area contributed by atoms with Gasteiger partial charge in [-0.15, -0.1) is 24.2 Å². The van der Waals surface area contributed by atoms with Crippen molar-refractivity contribution in [1.29, 1.82) is 0 Å². The third-order valence-corrected chi connectivity index (χ3v) is 5.53. The SMILES string of the molecule is Cc1cc(SCC(=O)NC2CCNCC2)c(C)cc1Br.Cl. The van der Waals surface area contributed by atoms with Gasteiger partial charge in [0.2, 0.25) is 5.91 Å². The average molecular weight is 394 g/mol. The number of carbonyl (C=O) groups excluding carboxylic acids is 1. The van der Waals surface area contributed by atoms with Crippen LogP contribution >= 0.6 is 40.1 Å². The molecule has 1 aromatic carbocycles. The Morgan fingerprint density at radius 3 is 2.67 bits per heavy atom. The summed E-state index contributed by atoms with van der Waals surface area (Å²) in [6.45, 7) is 6.16. The molecular formula is C15H22BrClN2OS. The number of thioether (sulfide) groups is 1. The monoisotopic (exact) mass is 392 g/mol. The van der Waals surface area contributed by atoms with Gasteiger partial charge in [-0.2, -0.15) is 0 Å². The zero-order valence-electron chi connectivity index (χ0n) is 12.4. The zero-order chi connectivity index (χ0) is 14.5. The van der Waals surface area contributed by atoms with Crippen LogP contribution in [0.2, 0.25) is 0 Å². The van der Waals surface area contributed by atoms with Crippen LogP contribution in [0.25, 0.3) is 0 Å². The predicted molar refractivity (Wildman–Crippen MR) is 95.6 cm³/mol. The molecule has 1 aliphatic rings. The Hall–Kier alpha value is -0.230. The van der Waals surface area contributed by atoms with Crippen molar-refractivity contribution >= 4 is 46.0 Å². The zero-order valence-corrected chi connectivity index (χ0v) is 15.6. The fourth-order valence-corrected chi connectivity index (χ4v) is 3.66. The summed E-state index contributed by atoms with van der Waals surface area (Å²) in [5.74, 6) is 0.633. The number of amides is 1. The standard InChI is InChI=1S/C15H21BrN2OS.ClH/c1-10-8-14(11(2)7-13(10)16)20-9-15(19)18-12-3-5-17-6-4-12;/h7-8,12,17H,3-6,9H2,1-2H3,(H,18,19);1H. The molecule has 1 amide bonds. The van der Waals surface area contributed by atoms with Crippen molar-refractivity contribution in [3.8, 4) is 0 Å². The molecule has 1 aliphatic heterocycles. The molecular weight excluding hydrogens is 372 g/mol. The minimum absolute atomic E-state index is 0. The van der Waals surface area contributed by atoms with E-state index < -0.39 is 0 Å². The molecule has 0 atom stereocenters. The van der Waals surface area contributed by atoms with E-state index in [1.165, 1.54) is 16.0 Å². The summed E-state index contributed by atoms with van der Waals surface area (Å²) in [5, 5.41) is 6.43. The van der Waals surface area contributed by atoms with Crippen molar-refractivity contribution in [2.24, 2.45) is 0 Å². The third-order valence-electron chi connectivity index (χ3n) is 3.52. The van der Waals surface area contributed by atoms with Gasteiger partial charge in [0.25, 0.3) is 0 Å². The number of nitrogens with one attached hydrogen (secondary N) is 2. The Balaban J connectivity index is 0.00000220. The molecule has 0 saturated carbocycles. The Bertz CT molecular complexity index is 493. The average Bonchev–Trinajstić information content (AvgIpc) is 2.42. The van der Waals surface area contributed by atoms with Crippen LogP contribution in [0.5, 0.6) is 0 Å². The smallest absolute Gasteiger partial charge is 0.230 e. The Morgan fingerprint density at radius 1 is 1.33 bits per heavy atom. The van der Waals surface area contributed by atoms with Gasteiger partial charge >= 0.3 is 0 Å². The summed E-state index contributed by atoms with van der Waals surface area (Å²) >= 11 is 5.15. The van der Waals surface area contributed by atoms with Gasteiger partial charge in [0.15, 0.2) is 0 Å². The maximum absolute atomic E-state index is 12.0. The molecule has 2 rings (SSSR count). The second-order valence-corrected chi connectivity index (χ2v) is 7.12. The van der Waals surface area contributed by atoms with E-state index in [1.807, 2.05) is 0 Å². The predicted octanol–water partition coefficient (Wildman–Crippen LogP) is 3.45. The van der Waals surface area contributed by atoms with Crippen LogP contribution in [0, 0.1) is 13.8 Å². The maximum atomic E-state index is 12.0. The molecule has 6 heteroatoms. The minimum atomic E-state index is 0. The summed E-state index contributed by atoms with van der Waals surface area (Å²) in [5.41, 5.74) is 2.42. The number of benzene rings is 1. The van der Waals surface area contributed by atoms with Crippen LogP contribution in [-0.2, 0) is 4.79 Å². The van der Waals surface area contributed by atoms with Gasteiger partial charge in [0.05, 0.1) is 5.75 Å². The second kappa shape index (κ2) is 9.03. The lowest BCUT2D eigenvalue weighted by atomic mass is 10.1. The number of hydrogen-bond acceptors (Lipinski definition) is 3. The summed E-state index contributed by atoms with van der Waals surface area (Å²) in [6, 6.07) is 4.60. The number of carbonyl (C=O) groups is 1. The summed E-state index contributed by atoms with van der Waals surface area (Å²) in [6.07, 6.45) is 2.07. The Labute approximate surface area is 145 Å². The van der Waals surface area contributed by atoms with E-state index in [0.29, 0.717) is 11.8 Å². The largest absolute Gasteiger partial charge is 0.353 e. The van der Waals surface area contributed by atoms with Crippen LogP contribution in [0.3, 0.4) is 0 Å². The van der Waals surface area contributed by atoms with E-state index >= 15 is 0 Å². The number of rotatable bonds is 4. The Morgan fingerprint density at radius 2 is 2.00 bits per heavy atom. The molecule has 2 N–H and O–H groups in total. The van der Waals surface area contributed by atoms with Crippen LogP contribution in [0.1, 0.15) is 24.0 Å². The molecule has 0 aromatic heterocycles.